The minimum Gasteiger partial charge on any atom is -0.456 e. The van der Waals surface area contributed by atoms with E-state index in [9.17, 15) is 5.11 Å². The lowest BCUT2D eigenvalue weighted by atomic mass is 9.70. The fraction of sp³-hybridized carbons (Fsp3) is 0.263. The smallest absolute Gasteiger partial charge is 0.156 e. The summed E-state index contributed by atoms with van der Waals surface area (Å²) < 4.78 is 6.86. The Bertz CT molecular complexity index is 799. The molecule has 0 bridgehead atoms. The summed E-state index contributed by atoms with van der Waals surface area (Å²) in [7, 11) is 0. The molecule has 3 heteroatoms. The molecule has 114 valence electrons. The Hall–Kier alpha value is -1.58. The molecular formula is C19H19BrO2. The third-order valence-electron chi connectivity index (χ3n) is 4.14. The highest BCUT2D eigenvalue weighted by atomic mass is 79.9. The lowest BCUT2D eigenvalue weighted by Crippen LogP contribution is -2.41. The average molecular weight is 359 g/mol. The number of hydrogen-bond donors (Lipinski definition) is 1. The van der Waals surface area contributed by atoms with E-state index in [1.807, 2.05) is 75.4 Å². The van der Waals surface area contributed by atoms with Crippen LogP contribution in [0.4, 0.5) is 0 Å². The monoisotopic (exact) mass is 358 g/mol. The van der Waals surface area contributed by atoms with E-state index in [1.54, 1.807) is 0 Å². The number of aliphatic hydroxyl groups is 1. The molecule has 0 spiro atoms. The second-order valence-corrected chi connectivity index (χ2v) is 7.36. The average Bonchev–Trinajstić information content (AvgIpc) is 2.84. The number of benzene rings is 2. The molecule has 0 fully saturated rings. The minimum atomic E-state index is -1.23. The van der Waals surface area contributed by atoms with Gasteiger partial charge in [-0.25, -0.2) is 0 Å². The summed E-state index contributed by atoms with van der Waals surface area (Å²) in [6.07, 6.45) is 0. The highest BCUT2D eigenvalue weighted by Gasteiger charge is 2.47. The lowest BCUT2D eigenvalue weighted by Gasteiger charge is -2.39. The van der Waals surface area contributed by atoms with Crippen molar-refractivity contribution in [2.75, 3.05) is 0 Å². The van der Waals surface area contributed by atoms with Gasteiger partial charge in [-0.05, 0) is 33.6 Å². The van der Waals surface area contributed by atoms with E-state index in [1.165, 1.54) is 0 Å². The number of rotatable bonds is 2. The van der Waals surface area contributed by atoms with E-state index in [4.69, 9.17) is 4.42 Å². The summed E-state index contributed by atoms with van der Waals surface area (Å²) >= 11 is 3.62. The third-order valence-corrected chi connectivity index (χ3v) is 4.93. The maximum Gasteiger partial charge on any atom is 0.156 e. The summed E-state index contributed by atoms with van der Waals surface area (Å²) in [6.45, 7) is 6.04. The van der Waals surface area contributed by atoms with Gasteiger partial charge >= 0.3 is 0 Å². The number of hydrogen-bond acceptors (Lipinski definition) is 2. The van der Waals surface area contributed by atoms with Gasteiger partial charge in [0.2, 0.25) is 0 Å². The summed E-state index contributed by atoms with van der Waals surface area (Å²) in [5.74, 6) is 0.549. The van der Waals surface area contributed by atoms with Gasteiger partial charge in [-0.15, -0.1) is 0 Å². The molecule has 0 aliphatic heterocycles. The van der Waals surface area contributed by atoms with Gasteiger partial charge in [0.25, 0.3) is 0 Å². The first kappa shape index (κ1) is 15.3. The van der Waals surface area contributed by atoms with Crippen LogP contribution >= 0.6 is 15.9 Å². The largest absolute Gasteiger partial charge is 0.456 e. The van der Waals surface area contributed by atoms with Gasteiger partial charge in [-0.3, -0.25) is 0 Å². The number of halogens is 1. The van der Waals surface area contributed by atoms with E-state index in [0.29, 0.717) is 5.76 Å². The fourth-order valence-electron chi connectivity index (χ4n) is 2.83. The third kappa shape index (κ3) is 2.20. The molecule has 1 N–H and O–H groups in total. The maximum atomic E-state index is 11.6. The number of para-hydroxylation sites is 1. The first-order valence-corrected chi connectivity index (χ1v) is 8.10. The van der Waals surface area contributed by atoms with Gasteiger partial charge in [-0.2, -0.15) is 0 Å². The van der Waals surface area contributed by atoms with Crippen molar-refractivity contribution in [3.63, 3.8) is 0 Å². The van der Waals surface area contributed by atoms with Gasteiger partial charge in [-0.1, -0.05) is 63.2 Å². The number of furan rings is 1. The molecule has 0 radical (unpaired) electrons. The normalized spacial score (nSPS) is 15.0. The molecule has 0 saturated carbocycles. The SMILES string of the molecule is CC(C)(C)C(O)(c1ccccc1)c1oc2ccccc2c1Br. The van der Waals surface area contributed by atoms with Gasteiger partial charge in [0.15, 0.2) is 11.4 Å². The Kier molecular flexibility index (Phi) is 3.66. The Labute approximate surface area is 138 Å². The van der Waals surface area contributed by atoms with Gasteiger partial charge in [0.1, 0.15) is 5.58 Å². The Morgan fingerprint density at radius 2 is 1.50 bits per heavy atom. The Morgan fingerprint density at radius 3 is 2.09 bits per heavy atom. The quantitative estimate of drug-likeness (QED) is 0.658. The number of fused-ring (bicyclic) bond motifs is 1. The van der Waals surface area contributed by atoms with Crippen LogP contribution in [0.25, 0.3) is 11.0 Å². The Morgan fingerprint density at radius 1 is 0.909 bits per heavy atom. The van der Waals surface area contributed by atoms with Crippen molar-refractivity contribution in [3.8, 4) is 0 Å². The van der Waals surface area contributed by atoms with E-state index in [2.05, 4.69) is 15.9 Å². The highest BCUT2D eigenvalue weighted by molar-refractivity contribution is 9.10. The van der Waals surface area contributed by atoms with Gasteiger partial charge < -0.3 is 9.52 Å². The van der Waals surface area contributed by atoms with Crippen molar-refractivity contribution in [3.05, 3.63) is 70.4 Å². The molecular weight excluding hydrogens is 340 g/mol. The van der Waals surface area contributed by atoms with E-state index in [-0.39, 0.29) is 0 Å². The summed E-state index contributed by atoms with van der Waals surface area (Å²) in [5, 5.41) is 12.6. The summed E-state index contributed by atoms with van der Waals surface area (Å²) in [4.78, 5) is 0. The van der Waals surface area contributed by atoms with Crippen LogP contribution in [0.5, 0.6) is 0 Å². The molecule has 1 unspecified atom stereocenters. The molecule has 1 aromatic heterocycles. The molecule has 0 aliphatic carbocycles. The molecule has 0 aliphatic rings. The van der Waals surface area contributed by atoms with E-state index >= 15 is 0 Å². The van der Waals surface area contributed by atoms with Crippen molar-refractivity contribution in [2.24, 2.45) is 5.41 Å². The summed E-state index contributed by atoms with van der Waals surface area (Å²) in [5.41, 5.74) is -0.0816. The van der Waals surface area contributed by atoms with Crippen LogP contribution in [0.15, 0.2) is 63.5 Å². The molecule has 0 amide bonds. The molecule has 0 saturated heterocycles. The summed E-state index contributed by atoms with van der Waals surface area (Å²) in [6, 6.07) is 17.5. The zero-order chi connectivity index (χ0) is 16.0. The topological polar surface area (TPSA) is 33.4 Å². The van der Waals surface area contributed by atoms with Gasteiger partial charge in [0.05, 0.1) is 4.47 Å². The zero-order valence-corrected chi connectivity index (χ0v) is 14.5. The maximum absolute atomic E-state index is 11.6. The first-order chi connectivity index (χ1) is 10.4. The molecule has 1 heterocycles. The molecule has 3 rings (SSSR count). The molecule has 3 aromatic rings. The van der Waals surface area contributed by atoms with Crippen LogP contribution in [-0.4, -0.2) is 5.11 Å². The van der Waals surface area contributed by atoms with Crippen molar-refractivity contribution < 1.29 is 9.52 Å². The van der Waals surface area contributed by atoms with Crippen LogP contribution < -0.4 is 0 Å². The minimum absolute atomic E-state index is 0.440. The van der Waals surface area contributed by atoms with Crippen LogP contribution in [-0.2, 0) is 5.60 Å². The molecule has 2 aromatic carbocycles. The van der Waals surface area contributed by atoms with Crippen molar-refractivity contribution >= 4 is 26.9 Å². The molecule has 2 nitrogen and oxygen atoms in total. The van der Waals surface area contributed by atoms with Crippen LogP contribution in [0.3, 0.4) is 0 Å². The van der Waals surface area contributed by atoms with Gasteiger partial charge in [0, 0.05) is 10.8 Å². The fourth-order valence-corrected chi connectivity index (χ4v) is 3.53. The van der Waals surface area contributed by atoms with E-state index < -0.39 is 11.0 Å². The zero-order valence-electron chi connectivity index (χ0n) is 12.9. The second kappa shape index (κ2) is 5.25. The van der Waals surface area contributed by atoms with Crippen LogP contribution in [0.1, 0.15) is 32.1 Å². The van der Waals surface area contributed by atoms with Crippen molar-refractivity contribution in [2.45, 2.75) is 26.4 Å². The van der Waals surface area contributed by atoms with Crippen molar-refractivity contribution in [1.29, 1.82) is 0 Å². The standard InChI is InChI=1S/C19H19BrO2/c1-18(2,3)19(21,13-9-5-4-6-10-13)17-16(20)14-11-7-8-12-15(14)22-17/h4-12,21H,1-3H3. The van der Waals surface area contributed by atoms with Crippen LogP contribution in [0.2, 0.25) is 0 Å². The first-order valence-electron chi connectivity index (χ1n) is 7.31. The van der Waals surface area contributed by atoms with E-state index in [0.717, 1.165) is 21.0 Å². The molecule has 1 atom stereocenters. The van der Waals surface area contributed by atoms with Crippen molar-refractivity contribution in [1.82, 2.24) is 0 Å². The predicted octanol–water partition coefficient (Wildman–Crippen LogP) is 5.48. The van der Waals surface area contributed by atoms with Crippen LogP contribution in [0, 0.1) is 5.41 Å². The molecule has 22 heavy (non-hydrogen) atoms. The lowest BCUT2D eigenvalue weighted by molar-refractivity contribution is -0.0428. The Balaban J connectivity index is 2.33. The predicted molar refractivity (Wildman–Crippen MR) is 92.8 cm³/mol. The second-order valence-electron chi connectivity index (χ2n) is 6.57. The highest BCUT2D eigenvalue weighted by Crippen LogP contribution is 2.49.